The molecule has 2 saturated carbocycles. The largest absolute Gasteiger partial charge is 0.316 e. The van der Waals surface area contributed by atoms with Crippen LogP contribution in [-0.4, -0.2) is 25.2 Å². The van der Waals surface area contributed by atoms with E-state index in [-0.39, 0.29) is 0 Å². The molecule has 4 rings (SSSR count). The fourth-order valence-corrected chi connectivity index (χ4v) is 4.37. The van der Waals surface area contributed by atoms with Crippen molar-refractivity contribution in [2.24, 2.45) is 23.7 Å². The molecule has 4 fully saturated rings. The van der Waals surface area contributed by atoms with Crippen LogP contribution in [0.3, 0.4) is 0 Å². The predicted molar refractivity (Wildman–Crippen MR) is 69.9 cm³/mol. The average Bonchev–Trinajstić information content (AvgIpc) is 3.26. The Kier molecular flexibility index (Phi) is 2.69. The molecular weight excluding hydrogens is 208 g/mol. The van der Waals surface area contributed by atoms with Crippen molar-refractivity contribution in [3.8, 4) is 0 Å². The van der Waals surface area contributed by atoms with Gasteiger partial charge in [-0.25, -0.2) is 0 Å². The fraction of sp³-hybridized carbons (Fsp3) is 1.00. The molecule has 2 aliphatic carbocycles. The fourth-order valence-electron chi connectivity index (χ4n) is 4.37. The van der Waals surface area contributed by atoms with Gasteiger partial charge in [0, 0.05) is 12.1 Å². The van der Waals surface area contributed by atoms with E-state index in [9.17, 15) is 0 Å². The summed E-state index contributed by atoms with van der Waals surface area (Å²) in [5.41, 5.74) is 0. The zero-order valence-corrected chi connectivity index (χ0v) is 10.8. The maximum absolute atomic E-state index is 3.81. The maximum atomic E-state index is 3.81. The average molecular weight is 234 g/mol. The van der Waals surface area contributed by atoms with Gasteiger partial charge < -0.3 is 10.6 Å². The van der Waals surface area contributed by atoms with Crippen LogP contribution in [0.4, 0.5) is 0 Å². The standard InChI is InChI=1S/C15H26N2/c1-2-10(1)14(11-3-4-11)9-16-8-12-7-13-5-6-15(12)17-13/h10-17H,1-9H2. The van der Waals surface area contributed by atoms with Gasteiger partial charge in [0.1, 0.15) is 0 Å². The second-order valence-electron chi connectivity index (χ2n) is 7.04. The molecule has 2 heteroatoms. The molecule has 4 aliphatic rings. The maximum Gasteiger partial charge on any atom is 0.0111 e. The molecular formula is C15H26N2. The Morgan fingerprint density at radius 3 is 2.29 bits per heavy atom. The molecule has 3 atom stereocenters. The Morgan fingerprint density at radius 1 is 1.00 bits per heavy atom. The first-order valence-electron chi connectivity index (χ1n) is 7.87. The highest BCUT2D eigenvalue weighted by molar-refractivity contribution is 4.98. The van der Waals surface area contributed by atoms with Gasteiger partial charge in [-0.2, -0.15) is 0 Å². The number of nitrogens with one attached hydrogen (secondary N) is 2. The van der Waals surface area contributed by atoms with E-state index in [0.29, 0.717) is 0 Å². The molecule has 0 radical (unpaired) electrons. The van der Waals surface area contributed by atoms with E-state index in [1.165, 1.54) is 58.0 Å². The quantitative estimate of drug-likeness (QED) is 0.736. The van der Waals surface area contributed by atoms with Crippen LogP contribution in [-0.2, 0) is 0 Å². The third-order valence-electron chi connectivity index (χ3n) is 5.67. The van der Waals surface area contributed by atoms with E-state index < -0.39 is 0 Å². The van der Waals surface area contributed by atoms with Gasteiger partial charge in [0.05, 0.1) is 0 Å². The summed E-state index contributed by atoms with van der Waals surface area (Å²) in [4.78, 5) is 0. The first-order valence-corrected chi connectivity index (χ1v) is 7.87. The highest BCUT2D eigenvalue weighted by atomic mass is 15.0. The van der Waals surface area contributed by atoms with Gasteiger partial charge in [-0.1, -0.05) is 0 Å². The number of hydrogen-bond acceptors (Lipinski definition) is 2. The Balaban J connectivity index is 1.22. The first-order chi connectivity index (χ1) is 8.40. The smallest absolute Gasteiger partial charge is 0.0111 e. The summed E-state index contributed by atoms with van der Waals surface area (Å²) in [6.07, 6.45) is 10.4. The lowest BCUT2D eigenvalue weighted by molar-refractivity contribution is 0.335. The van der Waals surface area contributed by atoms with Gasteiger partial charge >= 0.3 is 0 Å². The summed E-state index contributed by atoms with van der Waals surface area (Å²) in [5.74, 6) is 4.19. The minimum absolute atomic E-state index is 0.854. The molecule has 0 amide bonds. The Labute approximate surface area is 105 Å². The molecule has 17 heavy (non-hydrogen) atoms. The van der Waals surface area contributed by atoms with Crippen LogP contribution >= 0.6 is 0 Å². The Morgan fingerprint density at radius 2 is 1.76 bits per heavy atom. The van der Waals surface area contributed by atoms with Crippen molar-refractivity contribution in [1.29, 1.82) is 0 Å². The first kappa shape index (κ1) is 10.8. The van der Waals surface area contributed by atoms with Crippen LogP contribution in [0.25, 0.3) is 0 Å². The third-order valence-corrected chi connectivity index (χ3v) is 5.67. The van der Waals surface area contributed by atoms with E-state index in [2.05, 4.69) is 10.6 Å². The van der Waals surface area contributed by atoms with Crippen LogP contribution in [0.2, 0.25) is 0 Å². The molecule has 2 saturated heterocycles. The monoisotopic (exact) mass is 234 g/mol. The number of hydrogen-bond donors (Lipinski definition) is 2. The number of fused-ring (bicyclic) bond motifs is 2. The third kappa shape index (κ3) is 2.26. The molecule has 0 aromatic heterocycles. The van der Waals surface area contributed by atoms with Crippen molar-refractivity contribution in [3.63, 3.8) is 0 Å². The molecule has 3 unspecified atom stereocenters. The Hall–Kier alpha value is -0.0800. The molecule has 96 valence electrons. The molecule has 2 nitrogen and oxygen atoms in total. The van der Waals surface area contributed by atoms with Gasteiger partial charge in [0.2, 0.25) is 0 Å². The van der Waals surface area contributed by atoms with Crippen LogP contribution in [0.5, 0.6) is 0 Å². The summed E-state index contributed by atoms with van der Waals surface area (Å²) in [5, 5.41) is 7.56. The molecule has 2 N–H and O–H groups in total. The van der Waals surface area contributed by atoms with E-state index in [4.69, 9.17) is 0 Å². The molecule has 2 heterocycles. The second-order valence-corrected chi connectivity index (χ2v) is 7.04. The zero-order chi connectivity index (χ0) is 11.2. The van der Waals surface area contributed by atoms with Crippen LogP contribution in [0, 0.1) is 23.7 Å². The van der Waals surface area contributed by atoms with E-state index in [0.717, 1.165) is 35.8 Å². The summed E-state index contributed by atoms with van der Waals surface area (Å²) in [6.45, 7) is 2.60. The lowest BCUT2D eigenvalue weighted by Crippen LogP contribution is -2.35. The van der Waals surface area contributed by atoms with Gasteiger partial charge in [0.25, 0.3) is 0 Å². The molecule has 0 spiro atoms. The summed E-state index contributed by atoms with van der Waals surface area (Å²) in [7, 11) is 0. The van der Waals surface area contributed by atoms with Crippen molar-refractivity contribution in [2.75, 3.05) is 13.1 Å². The van der Waals surface area contributed by atoms with E-state index >= 15 is 0 Å². The lowest BCUT2D eigenvalue weighted by atomic mass is 9.89. The van der Waals surface area contributed by atoms with Gasteiger partial charge in [-0.05, 0) is 81.7 Å². The summed E-state index contributed by atoms with van der Waals surface area (Å²) in [6, 6.07) is 1.72. The summed E-state index contributed by atoms with van der Waals surface area (Å²) < 4.78 is 0. The van der Waals surface area contributed by atoms with Gasteiger partial charge in [-0.15, -0.1) is 0 Å². The zero-order valence-electron chi connectivity index (χ0n) is 10.8. The van der Waals surface area contributed by atoms with Crippen molar-refractivity contribution in [2.45, 2.75) is 57.0 Å². The summed E-state index contributed by atoms with van der Waals surface area (Å²) >= 11 is 0. The predicted octanol–water partition coefficient (Wildman–Crippen LogP) is 2.15. The number of rotatable bonds is 6. The van der Waals surface area contributed by atoms with Crippen LogP contribution in [0.15, 0.2) is 0 Å². The minimum atomic E-state index is 0.854. The molecule has 0 aromatic rings. The normalized spacial score (nSPS) is 40.4. The van der Waals surface area contributed by atoms with Crippen molar-refractivity contribution in [3.05, 3.63) is 0 Å². The topological polar surface area (TPSA) is 24.1 Å². The lowest BCUT2D eigenvalue weighted by Gasteiger charge is -2.23. The molecule has 0 aromatic carbocycles. The van der Waals surface area contributed by atoms with Crippen molar-refractivity contribution >= 4 is 0 Å². The van der Waals surface area contributed by atoms with E-state index in [1.54, 1.807) is 0 Å². The van der Waals surface area contributed by atoms with Gasteiger partial charge in [-0.3, -0.25) is 0 Å². The van der Waals surface area contributed by atoms with Crippen molar-refractivity contribution < 1.29 is 0 Å². The second kappa shape index (κ2) is 4.24. The van der Waals surface area contributed by atoms with E-state index in [1.807, 2.05) is 0 Å². The highest BCUT2D eigenvalue weighted by Gasteiger charge is 2.42. The van der Waals surface area contributed by atoms with Gasteiger partial charge in [0.15, 0.2) is 0 Å². The Bertz CT molecular complexity index is 271. The highest BCUT2D eigenvalue weighted by Crippen LogP contribution is 2.48. The molecule has 2 bridgehead atoms. The SMILES string of the molecule is C1CC2NC1CC2CNCC(C1CC1)C1CC1. The van der Waals surface area contributed by atoms with Crippen LogP contribution in [0.1, 0.15) is 44.9 Å². The molecule has 2 aliphatic heterocycles. The minimum Gasteiger partial charge on any atom is -0.316 e. The van der Waals surface area contributed by atoms with Crippen molar-refractivity contribution in [1.82, 2.24) is 10.6 Å². The van der Waals surface area contributed by atoms with Crippen LogP contribution < -0.4 is 10.6 Å².